The molecule has 0 saturated heterocycles. The van der Waals surface area contributed by atoms with Gasteiger partial charge in [-0.2, -0.15) is 0 Å². The quantitative estimate of drug-likeness (QED) is 0.474. The van der Waals surface area contributed by atoms with Crippen LogP contribution in [0.1, 0.15) is 10.4 Å². The third-order valence-corrected chi connectivity index (χ3v) is 1.77. The number of hydrogen-bond donors (Lipinski definition) is 3. The van der Waals surface area contributed by atoms with Gasteiger partial charge in [0.1, 0.15) is 5.82 Å². The maximum Gasteiger partial charge on any atom is 0.346 e. The summed E-state index contributed by atoms with van der Waals surface area (Å²) in [7, 11) is 0. The molecule has 1 aromatic rings. The first kappa shape index (κ1) is 7.78. The number of anilines is 1. The summed E-state index contributed by atoms with van der Waals surface area (Å²) in [5.74, 6) is 0.221. The van der Waals surface area contributed by atoms with Gasteiger partial charge in [0, 0.05) is 19.3 Å². The number of aromatic nitrogens is 2. The molecule has 2 heterocycles. The number of carbonyl (C=O) groups is 1. The number of nitrogens with zero attached hydrogens (tertiary/aromatic N) is 1. The van der Waals surface area contributed by atoms with Gasteiger partial charge in [-0.05, 0) is 0 Å². The Labute approximate surface area is 73.4 Å². The van der Waals surface area contributed by atoms with Crippen LogP contribution in [0.15, 0.2) is 11.0 Å². The number of carbonyl (C=O) groups excluding carboxylic acids is 1. The maximum absolute atomic E-state index is 11.3. The second-order valence-corrected chi connectivity index (χ2v) is 2.66. The van der Waals surface area contributed by atoms with Gasteiger partial charge < -0.3 is 10.6 Å². The lowest BCUT2D eigenvalue weighted by molar-refractivity contribution is 0.0957. The number of H-pyrrole nitrogens is 1. The Bertz CT molecular complexity index is 398. The topological polar surface area (TPSA) is 86.9 Å². The highest BCUT2D eigenvalue weighted by Gasteiger charge is 2.15. The highest BCUT2D eigenvalue weighted by molar-refractivity contribution is 5.98. The fourth-order valence-electron chi connectivity index (χ4n) is 1.16. The molecule has 0 radical (unpaired) electrons. The van der Waals surface area contributed by atoms with Crippen LogP contribution in [0.4, 0.5) is 5.82 Å². The van der Waals surface area contributed by atoms with Crippen LogP contribution in [0.3, 0.4) is 0 Å². The van der Waals surface area contributed by atoms with Crippen LogP contribution in [0, 0.1) is 0 Å². The Morgan fingerprint density at radius 1 is 1.23 bits per heavy atom. The fraction of sp³-hybridized carbons (Fsp3) is 0.286. The second-order valence-electron chi connectivity index (χ2n) is 2.66. The van der Waals surface area contributed by atoms with Crippen molar-refractivity contribution >= 4 is 11.7 Å². The molecule has 1 aromatic heterocycles. The average molecular weight is 180 g/mol. The first-order valence-corrected chi connectivity index (χ1v) is 3.89. The molecule has 0 bridgehead atoms. The van der Waals surface area contributed by atoms with E-state index in [9.17, 15) is 9.59 Å². The molecule has 0 unspecified atom stereocenters. The zero-order valence-corrected chi connectivity index (χ0v) is 6.76. The first-order valence-electron chi connectivity index (χ1n) is 3.89. The van der Waals surface area contributed by atoms with Crippen molar-refractivity contribution in [3.8, 4) is 0 Å². The van der Waals surface area contributed by atoms with Gasteiger partial charge in [0.25, 0.3) is 5.91 Å². The molecule has 3 N–H and O–H groups in total. The van der Waals surface area contributed by atoms with Gasteiger partial charge >= 0.3 is 5.69 Å². The van der Waals surface area contributed by atoms with Crippen molar-refractivity contribution in [2.75, 3.05) is 18.4 Å². The molecule has 2 rings (SSSR count). The fourth-order valence-corrected chi connectivity index (χ4v) is 1.16. The van der Waals surface area contributed by atoms with Crippen LogP contribution in [0.5, 0.6) is 0 Å². The van der Waals surface area contributed by atoms with Crippen molar-refractivity contribution in [1.82, 2.24) is 15.3 Å². The Balaban J connectivity index is 2.54. The highest BCUT2D eigenvalue weighted by atomic mass is 16.2. The van der Waals surface area contributed by atoms with Crippen LogP contribution < -0.4 is 16.3 Å². The molecular formula is C7H8N4O2. The minimum Gasteiger partial charge on any atom is -0.369 e. The first-order chi connectivity index (χ1) is 6.27. The molecule has 0 saturated carbocycles. The SMILES string of the molecule is O=C1NCCNc2[nH]c(=O)ncc21. The van der Waals surface area contributed by atoms with Crippen molar-refractivity contribution < 1.29 is 4.79 Å². The van der Waals surface area contributed by atoms with E-state index in [-0.39, 0.29) is 5.91 Å². The van der Waals surface area contributed by atoms with Crippen LogP contribution in [0.25, 0.3) is 0 Å². The molecule has 0 spiro atoms. The van der Waals surface area contributed by atoms with E-state index in [1.54, 1.807) is 0 Å². The van der Waals surface area contributed by atoms with Gasteiger partial charge in [-0.15, -0.1) is 0 Å². The van der Waals surface area contributed by atoms with E-state index in [1.807, 2.05) is 0 Å². The summed E-state index contributed by atoms with van der Waals surface area (Å²) in [6.07, 6.45) is 1.27. The Morgan fingerprint density at radius 2 is 2.00 bits per heavy atom. The lowest BCUT2D eigenvalue weighted by atomic mass is 10.3. The average Bonchev–Trinajstić information content (AvgIpc) is 2.28. The summed E-state index contributed by atoms with van der Waals surface area (Å²) in [5.41, 5.74) is -0.0851. The third-order valence-electron chi connectivity index (χ3n) is 1.77. The van der Waals surface area contributed by atoms with E-state index < -0.39 is 5.69 Å². The highest BCUT2D eigenvalue weighted by Crippen LogP contribution is 2.09. The van der Waals surface area contributed by atoms with Crippen molar-refractivity contribution in [2.24, 2.45) is 0 Å². The second kappa shape index (κ2) is 2.89. The molecule has 0 aliphatic carbocycles. The van der Waals surface area contributed by atoms with E-state index in [0.717, 1.165) is 0 Å². The zero-order valence-electron chi connectivity index (χ0n) is 6.76. The molecule has 13 heavy (non-hydrogen) atoms. The summed E-state index contributed by atoms with van der Waals surface area (Å²) in [4.78, 5) is 28.1. The summed E-state index contributed by atoms with van der Waals surface area (Å²) >= 11 is 0. The zero-order chi connectivity index (χ0) is 9.26. The Kier molecular flexibility index (Phi) is 1.73. The Hall–Kier alpha value is -1.85. The van der Waals surface area contributed by atoms with Gasteiger partial charge in [0.2, 0.25) is 0 Å². The van der Waals surface area contributed by atoms with Crippen LogP contribution in [-0.2, 0) is 0 Å². The molecule has 68 valence electrons. The molecule has 1 aliphatic heterocycles. The van der Waals surface area contributed by atoms with E-state index in [0.29, 0.717) is 24.5 Å². The molecule has 0 aromatic carbocycles. The smallest absolute Gasteiger partial charge is 0.346 e. The molecule has 0 fully saturated rings. The number of aromatic amines is 1. The number of hydrogen-bond acceptors (Lipinski definition) is 4. The third kappa shape index (κ3) is 1.37. The van der Waals surface area contributed by atoms with E-state index in [4.69, 9.17) is 0 Å². The van der Waals surface area contributed by atoms with Crippen molar-refractivity contribution in [2.45, 2.75) is 0 Å². The molecule has 0 atom stereocenters. The number of fused-ring (bicyclic) bond motifs is 1. The minimum absolute atomic E-state index is 0.219. The van der Waals surface area contributed by atoms with Crippen molar-refractivity contribution in [3.63, 3.8) is 0 Å². The summed E-state index contributed by atoms with van der Waals surface area (Å²) in [6, 6.07) is 0. The Morgan fingerprint density at radius 3 is 2.85 bits per heavy atom. The largest absolute Gasteiger partial charge is 0.369 e. The molecule has 6 heteroatoms. The predicted octanol–water partition coefficient (Wildman–Crippen LogP) is -1.07. The van der Waals surface area contributed by atoms with Gasteiger partial charge in [-0.25, -0.2) is 9.78 Å². The molecular weight excluding hydrogens is 172 g/mol. The van der Waals surface area contributed by atoms with Gasteiger partial charge in [0.05, 0.1) is 5.56 Å². The van der Waals surface area contributed by atoms with Gasteiger partial charge in [-0.3, -0.25) is 9.78 Å². The maximum atomic E-state index is 11.3. The van der Waals surface area contributed by atoms with Gasteiger partial charge in [0.15, 0.2) is 0 Å². The molecule has 1 aliphatic rings. The van der Waals surface area contributed by atoms with Crippen molar-refractivity contribution in [1.29, 1.82) is 0 Å². The van der Waals surface area contributed by atoms with Gasteiger partial charge in [-0.1, -0.05) is 0 Å². The normalized spacial score (nSPS) is 15.2. The summed E-state index contributed by atoms with van der Waals surface area (Å²) < 4.78 is 0. The lowest BCUT2D eigenvalue weighted by Gasteiger charge is -2.02. The monoisotopic (exact) mass is 180 g/mol. The number of amides is 1. The number of nitrogens with one attached hydrogen (secondary N) is 3. The summed E-state index contributed by atoms with van der Waals surface area (Å²) in [5, 5.41) is 5.57. The molecule has 6 nitrogen and oxygen atoms in total. The predicted molar refractivity (Wildman–Crippen MR) is 45.7 cm³/mol. The van der Waals surface area contributed by atoms with Crippen LogP contribution >= 0.6 is 0 Å². The van der Waals surface area contributed by atoms with E-state index in [2.05, 4.69) is 20.6 Å². The number of rotatable bonds is 0. The van der Waals surface area contributed by atoms with Crippen LogP contribution in [0.2, 0.25) is 0 Å². The standard InChI is InChI=1S/C7H8N4O2/c12-6-4-3-10-7(13)11-5(4)8-1-2-9-6/h3H,1-2H2,(H,9,12)(H2,8,10,11,13). The van der Waals surface area contributed by atoms with Crippen molar-refractivity contribution in [3.05, 3.63) is 22.2 Å². The minimum atomic E-state index is -0.457. The molecule has 1 amide bonds. The van der Waals surface area contributed by atoms with E-state index in [1.165, 1.54) is 6.20 Å². The van der Waals surface area contributed by atoms with Crippen LogP contribution in [-0.4, -0.2) is 29.0 Å². The lowest BCUT2D eigenvalue weighted by Crippen LogP contribution is -2.25. The van der Waals surface area contributed by atoms with E-state index >= 15 is 0 Å². The summed E-state index contributed by atoms with van der Waals surface area (Å²) in [6.45, 7) is 1.13.